The molecule has 0 spiro atoms. The predicted octanol–water partition coefficient (Wildman–Crippen LogP) is 3.31. The summed E-state index contributed by atoms with van der Waals surface area (Å²) in [5.74, 6) is -0.276. The lowest BCUT2D eigenvalue weighted by Crippen LogP contribution is -2.29. The van der Waals surface area contributed by atoms with Crippen molar-refractivity contribution in [2.45, 2.75) is 12.6 Å². The third-order valence-electron chi connectivity index (χ3n) is 2.92. The Hall–Kier alpha value is -1.40. The highest BCUT2D eigenvalue weighted by Crippen LogP contribution is 2.15. The van der Waals surface area contributed by atoms with Crippen molar-refractivity contribution < 1.29 is 9.53 Å². The molecule has 20 heavy (non-hydrogen) atoms. The number of nitrogens with one attached hydrogen (secondary N) is 1. The lowest BCUT2D eigenvalue weighted by atomic mass is 10.1. The van der Waals surface area contributed by atoms with Crippen LogP contribution >= 0.6 is 24.0 Å². The van der Waals surface area contributed by atoms with Crippen molar-refractivity contribution in [3.05, 3.63) is 71.8 Å². The summed E-state index contributed by atoms with van der Waals surface area (Å²) in [5.41, 5.74) is 2.04. The SMILES string of the molecule is COC(=O)C(NCc1ccccc1)c1ccccc1.I. The van der Waals surface area contributed by atoms with E-state index in [0.717, 1.165) is 11.1 Å². The van der Waals surface area contributed by atoms with Crippen molar-refractivity contribution in [2.75, 3.05) is 7.11 Å². The number of carbonyl (C=O) groups excluding carboxylic acids is 1. The zero-order valence-corrected chi connectivity index (χ0v) is 13.6. The fraction of sp³-hybridized carbons (Fsp3) is 0.188. The molecule has 0 saturated carbocycles. The summed E-state index contributed by atoms with van der Waals surface area (Å²) in [6.45, 7) is 0.621. The average molecular weight is 383 g/mol. The van der Waals surface area contributed by atoms with E-state index < -0.39 is 6.04 Å². The molecule has 0 heterocycles. The Balaban J connectivity index is 0.00000200. The number of hydrogen-bond acceptors (Lipinski definition) is 3. The molecule has 1 atom stereocenters. The van der Waals surface area contributed by atoms with Gasteiger partial charge in [0.05, 0.1) is 7.11 Å². The molecule has 0 aliphatic carbocycles. The van der Waals surface area contributed by atoms with Gasteiger partial charge >= 0.3 is 5.97 Å². The lowest BCUT2D eigenvalue weighted by molar-refractivity contribution is -0.143. The molecule has 0 saturated heterocycles. The molecule has 2 aromatic carbocycles. The van der Waals surface area contributed by atoms with Gasteiger partial charge in [-0.05, 0) is 11.1 Å². The van der Waals surface area contributed by atoms with Crippen LogP contribution in [0.4, 0.5) is 0 Å². The maximum Gasteiger partial charge on any atom is 0.327 e. The first-order valence-electron chi connectivity index (χ1n) is 6.21. The number of hydrogen-bond donors (Lipinski definition) is 1. The maximum atomic E-state index is 11.8. The quantitative estimate of drug-likeness (QED) is 0.636. The number of carbonyl (C=O) groups is 1. The number of rotatable bonds is 5. The lowest BCUT2D eigenvalue weighted by Gasteiger charge is -2.16. The third-order valence-corrected chi connectivity index (χ3v) is 2.92. The highest BCUT2D eigenvalue weighted by molar-refractivity contribution is 14.0. The molecule has 0 fully saturated rings. The summed E-state index contributed by atoms with van der Waals surface area (Å²) in [7, 11) is 1.41. The molecule has 0 aliphatic rings. The molecule has 0 bridgehead atoms. The van der Waals surface area contributed by atoms with E-state index in [1.54, 1.807) is 0 Å². The monoisotopic (exact) mass is 383 g/mol. The molecule has 3 nitrogen and oxygen atoms in total. The van der Waals surface area contributed by atoms with Crippen LogP contribution in [0.15, 0.2) is 60.7 Å². The van der Waals surface area contributed by atoms with E-state index >= 15 is 0 Å². The van der Waals surface area contributed by atoms with Crippen LogP contribution in [0, 0.1) is 0 Å². The Kier molecular flexibility index (Phi) is 7.25. The Morgan fingerprint density at radius 3 is 2.15 bits per heavy atom. The second-order valence-electron chi connectivity index (χ2n) is 4.23. The Labute approximate surface area is 136 Å². The van der Waals surface area contributed by atoms with Crippen molar-refractivity contribution in [3.63, 3.8) is 0 Å². The largest absolute Gasteiger partial charge is 0.468 e. The first kappa shape index (κ1) is 16.7. The normalized spacial score (nSPS) is 11.2. The summed E-state index contributed by atoms with van der Waals surface area (Å²) in [6.07, 6.45) is 0. The number of benzene rings is 2. The van der Waals surface area contributed by atoms with Crippen LogP contribution in [-0.4, -0.2) is 13.1 Å². The Morgan fingerprint density at radius 1 is 1.05 bits per heavy atom. The van der Waals surface area contributed by atoms with Crippen LogP contribution in [0.25, 0.3) is 0 Å². The average Bonchev–Trinajstić information content (AvgIpc) is 2.49. The van der Waals surface area contributed by atoms with Gasteiger partial charge in [0.1, 0.15) is 6.04 Å². The van der Waals surface area contributed by atoms with E-state index in [4.69, 9.17) is 4.74 Å². The molecular weight excluding hydrogens is 365 g/mol. The van der Waals surface area contributed by atoms with Gasteiger partial charge in [0, 0.05) is 6.54 Å². The van der Waals surface area contributed by atoms with Crippen LogP contribution in [-0.2, 0) is 16.1 Å². The van der Waals surface area contributed by atoms with E-state index in [2.05, 4.69) is 5.32 Å². The topological polar surface area (TPSA) is 38.3 Å². The van der Waals surface area contributed by atoms with Crippen LogP contribution < -0.4 is 5.32 Å². The van der Waals surface area contributed by atoms with Crippen molar-refractivity contribution in [1.29, 1.82) is 0 Å². The van der Waals surface area contributed by atoms with E-state index in [1.165, 1.54) is 7.11 Å². The summed E-state index contributed by atoms with van der Waals surface area (Å²) in [6, 6.07) is 19.1. The molecule has 4 heteroatoms. The van der Waals surface area contributed by atoms with Crippen molar-refractivity contribution in [2.24, 2.45) is 0 Å². The van der Waals surface area contributed by atoms with Crippen molar-refractivity contribution >= 4 is 29.9 Å². The number of methoxy groups -OCH3 is 1. The molecule has 2 rings (SSSR count). The van der Waals surface area contributed by atoms with Crippen LogP contribution in [0.5, 0.6) is 0 Å². The molecule has 1 unspecified atom stereocenters. The molecular formula is C16H18INO2. The smallest absolute Gasteiger partial charge is 0.327 e. The predicted molar refractivity (Wildman–Crippen MR) is 89.9 cm³/mol. The second-order valence-corrected chi connectivity index (χ2v) is 4.23. The van der Waals surface area contributed by atoms with Gasteiger partial charge in [0.15, 0.2) is 0 Å². The molecule has 0 aliphatic heterocycles. The fourth-order valence-corrected chi connectivity index (χ4v) is 1.92. The van der Waals surface area contributed by atoms with Gasteiger partial charge in [0.2, 0.25) is 0 Å². The summed E-state index contributed by atoms with van der Waals surface area (Å²) in [4.78, 5) is 11.8. The maximum absolute atomic E-state index is 11.8. The summed E-state index contributed by atoms with van der Waals surface area (Å²) < 4.78 is 4.85. The van der Waals surface area contributed by atoms with Gasteiger partial charge in [-0.2, -0.15) is 0 Å². The van der Waals surface area contributed by atoms with Gasteiger partial charge in [-0.15, -0.1) is 24.0 Å². The molecule has 0 radical (unpaired) electrons. The zero-order valence-electron chi connectivity index (χ0n) is 11.3. The van der Waals surface area contributed by atoms with Crippen molar-refractivity contribution in [3.8, 4) is 0 Å². The van der Waals surface area contributed by atoms with Gasteiger partial charge in [-0.1, -0.05) is 60.7 Å². The van der Waals surface area contributed by atoms with Gasteiger partial charge in [-0.25, -0.2) is 4.79 Å². The number of esters is 1. The zero-order chi connectivity index (χ0) is 13.5. The summed E-state index contributed by atoms with van der Waals surface area (Å²) >= 11 is 0. The molecule has 2 aromatic rings. The molecule has 0 amide bonds. The molecule has 1 N–H and O–H groups in total. The highest BCUT2D eigenvalue weighted by Gasteiger charge is 2.20. The van der Waals surface area contributed by atoms with Crippen LogP contribution in [0.2, 0.25) is 0 Å². The minimum absolute atomic E-state index is 0. The third kappa shape index (κ3) is 4.61. The number of ether oxygens (including phenoxy) is 1. The van der Waals surface area contributed by atoms with Crippen LogP contribution in [0.3, 0.4) is 0 Å². The van der Waals surface area contributed by atoms with E-state index in [9.17, 15) is 4.79 Å². The molecule has 106 valence electrons. The van der Waals surface area contributed by atoms with Gasteiger partial charge in [-0.3, -0.25) is 5.32 Å². The minimum atomic E-state index is -0.439. The summed E-state index contributed by atoms with van der Waals surface area (Å²) in [5, 5.41) is 3.23. The second kappa shape index (κ2) is 8.71. The minimum Gasteiger partial charge on any atom is -0.468 e. The highest BCUT2D eigenvalue weighted by atomic mass is 127. The first-order valence-corrected chi connectivity index (χ1v) is 6.21. The Morgan fingerprint density at radius 2 is 1.60 bits per heavy atom. The molecule has 0 aromatic heterocycles. The number of halogens is 1. The van der Waals surface area contributed by atoms with Crippen LogP contribution in [0.1, 0.15) is 17.2 Å². The van der Waals surface area contributed by atoms with E-state index in [0.29, 0.717) is 6.54 Å². The van der Waals surface area contributed by atoms with E-state index in [-0.39, 0.29) is 29.9 Å². The fourth-order valence-electron chi connectivity index (χ4n) is 1.92. The van der Waals surface area contributed by atoms with Gasteiger partial charge < -0.3 is 4.74 Å². The standard InChI is InChI=1S/C16H17NO2.HI/c1-19-16(18)15(14-10-6-3-7-11-14)17-12-13-8-4-2-5-9-13;/h2-11,15,17H,12H2,1H3;1H. The first-order chi connectivity index (χ1) is 9.31. The van der Waals surface area contributed by atoms with Gasteiger partial charge in [0.25, 0.3) is 0 Å². The van der Waals surface area contributed by atoms with E-state index in [1.807, 2.05) is 60.7 Å². The van der Waals surface area contributed by atoms with Crippen molar-refractivity contribution in [1.82, 2.24) is 5.32 Å². The Bertz CT molecular complexity index is 517.